The summed E-state index contributed by atoms with van der Waals surface area (Å²) in [4.78, 5) is 16.0. The van der Waals surface area contributed by atoms with Crippen molar-refractivity contribution in [2.24, 2.45) is 5.92 Å². The summed E-state index contributed by atoms with van der Waals surface area (Å²) in [5.41, 5.74) is 0. The lowest BCUT2D eigenvalue weighted by Crippen LogP contribution is -2.23. The quantitative estimate of drug-likeness (QED) is 0.752. The van der Waals surface area contributed by atoms with Crippen LogP contribution in [0.1, 0.15) is 44.3 Å². The van der Waals surface area contributed by atoms with Gasteiger partial charge >= 0.3 is 0 Å². The Bertz CT molecular complexity index is 353. The van der Waals surface area contributed by atoms with E-state index >= 15 is 0 Å². The fraction of sp³-hybridized carbons (Fsp3) is 0.727. The molecule has 1 saturated carbocycles. The number of anilines is 1. The van der Waals surface area contributed by atoms with E-state index < -0.39 is 0 Å². The number of aromatic amines is 1. The lowest BCUT2D eigenvalue weighted by Gasteiger charge is -2.11. The highest BCUT2D eigenvalue weighted by molar-refractivity contribution is 5.90. The molecule has 5 heteroatoms. The topological polar surface area (TPSA) is 70.7 Å². The number of hydrogen-bond donors (Lipinski definition) is 2. The van der Waals surface area contributed by atoms with Gasteiger partial charge in [-0.15, -0.1) is 5.10 Å². The van der Waals surface area contributed by atoms with E-state index in [-0.39, 0.29) is 11.8 Å². The summed E-state index contributed by atoms with van der Waals surface area (Å²) >= 11 is 0. The highest BCUT2D eigenvalue weighted by Gasteiger charge is 2.20. The standard InChI is InChI=1S/C11H18N4O/c1-8-12-11(15-14-8)13-10(16)9-6-4-2-3-5-7-9/h9H,2-7H2,1H3,(H2,12,13,14,15,16). The maximum atomic E-state index is 11.9. The Hall–Kier alpha value is -1.39. The summed E-state index contributed by atoms with van der Waals surface area (Å²) in [5.74, 6) is 1.32. The van der Waals surface area contributed by atoms with Gasteiger partial charge < -0.3 is 0 Å². The van der Waals surface area contributed by atoms with Gasteiger partial charge in [0, 0.05) is 5.92 Å². The first kappa shape index (κ1) is 11.1. The van der Waals surface area contributed by atoms with E-state index in [0.717, 1.165) is 31.5 Å². The van der Waals surface area contributed by atoms with Crippen LogP contribution in [0.25, 0.3) is 0 Å². The van der Waals surface area contributed by atoms with Crippen LogP contribution in [-0.2, 0) is 4.79 Å². The van der Waals surface area contributed by atoms with E-state index in [2.05, 4.69) is 20.5 Å². The van der Waals surface area contributed by atoms with Gasteiger partial charge in [0.1, 0.15) is 5.82 Å². The highest BCUT2D eigenvalue weighted by atomic mass is 16.2. The SMILES string of the molecule is Cc1nc(NC(=O)C2CCCCCC2)n[nH]1. The van der Waals surface area contributed by atoms with Crippen LogP contribution in [0.4, 0.5) is 5.95 Å². The summed E-state index contributed by atoms with van der Waals surface area (Å²) in [7, 11) is 0. The Kier molecular flexibility index (Phi) is 3.54. The molecule has 1 aliphatic carbocycles. The van der Waals surface area contributed by atoms with Crippen molar-refractivity contribution in [3.8, 4) is 0 Å². The Balaban J connectivity index is 1.91. The van der Waals surface area contributed by atoms with Crippen molar-refractivity contribution in [2.45, 2.75) is 45.4 Å². The molecule has 2 rings (SSSR count). The number of amides is 1. The number of aryl methyl sites for hydroxylation is 1. The number of nitrogens with zero attached hydrogens (tertiary/aromatic N) is 2. The van der Waals surface area contributed by atoms with Crippen LogP contribution in [0.2, 0.25) is 0 Å². The van der Waals surface area contributed by atoms with Gasteiger partial charge in [0.25, 0.3) is 0 Å². The zero-order valence-corrected chi connectivity index (χ0v) is 9.62. The lowest BCUT2D eigenvalue weighted by atomic mass is 10.00. The minimum atomic E-state index is 0.0703. The highest BCUT2D eigenvalue weighted by Crippen LogP contribution is 2.23. The predicted octanol–water partition coefficient (Wildman–Crippen LogP) is 2.02. The van der Waals surface area contributed by atoms with Gasteiger partial charge in [-0.05, 0) is 19.8 Å². The Morgan fingerprint density at radius 1 is 1.31 bits per heavy atom. The van der Waals surface area contributed by atoms with Crippen molar-refractivity contribution in [3.63, 3.8) is 0 Å². The summed E-state index contributed by atoms with van der Waals surface area (Å²) in [6, 6.07) is 0. The second-order valence-electron chi connectivity index (χ2n) is 4.42. The van der Waals surface area contributed by atoms with Crippen LogP contribution in [0, 0.1) is 12.8 Å². The Labute approximate surface area is 95.0 Å². The van der Waals surface area contributed by atoms with Gasteiger partial charge in [-0.3, -0.25) is 15.2 Å². The molecule has 0 atom stereocenters. The predicted molar refractivity (Wildman–Crippen MR) is 60.9 cm³/mol. The van der Waals surface area contributed by atoms with Crippen LogP contribution in [0.15, 0.2) is 0 Å². The molecule has 1 aromatic rings. The molecule has 5 nitrogen and oxygen atoms in total. The fourth-order valence-electron chi connectivity index (χ4n) is 2.15. The molecule has 0 aliphatic heterocycles. The summed E-state index contributed by atoms with van der Waals surface area (Å²) in [6.45, 7) is 1.81. The zero-order chi connectivity index (χ0) is 11.4. The molecular formula is C11H18N4O. The Morgan fingerprint density at radius 3 is 2.56 bits per heavy atom. The van der Waals surface area contributed by atoms with E-state index in [1.807, 2.05) is 6.92 Å². The van der Waals surface area contributed by atoms with E-state index in [4.69, 9.17) is 0 Å². The van der Waals surface area contributed by atoms with E-state index in [9.17, 15) is 4.79 Å². The van der Waals surface area contributed by atoms with Gasteiger partial charge in [-0.25, -0.2) is 0 Å². The van der Waals surface area contributed by atoms with Crippen LogP contribution >= 0.6 is 0 Å². The van der Waals surface area contributed by atoms with Gasteiger partial charge in [-0.2, -0.15) is 4.98 Å². The average molecular weight is 222 g/mol. The molecule has 2 N–H and O–H groups in total. The number of carbonyl (C=O) groups excluding carboxylic acids is 1. The summed E-state index contributed by atoms with van der Waals surface area (Å²) in [6.07, 6.45) is 6.81. The van der Waals surface area contributed by atoms with Crippen molar-refractivity contribution >= 4 is 11.9 Å². The van der Waals surface area contributed by atoms with Crippen LogP contribution in [0.5, 0.6) is 0 Å². The molecule has 1 amide bonds. The maximum absolute atomic E-state index is 11.9. The van der Waals surface area contributed by atoms with Gasteiger partial charge in [-0.1, -0.05) is 25.7 Å². The second kappa shape index (κ2) is 5.09. The zero-order valence-electron chi connectivity index (χ0n) is 9.62. The van der Waals surface area contributed by atoms with Gasteiger partial charge in [0.15, 0.2) is 0 Å². The van der Waals surface area contributed by atoms with Crippen molar-refractivity contribution in [1.82, 2.24) is 15.2 Å². The van der Waals surface area contributed by atoms with Crippen molar-refractivity contribution in [2.75, 3.05) is 5.32 Å². The summed E-state index contributed by atoms with van der Waals surface area (Å²) < 4.78 is 0. The van der Waals surface area contributed by atoms with Crippen molar-refractivity contribution in [3.05, 3.63) is 5.82 Å². The van der Waals surface area contributed by atoms with Crippen LogP contribution in [-0.4, -0.2) is 21.1 Å². The third-order valence-corrected chi connectivity index (χ3v) is 3.06. The first-order valence-electron chi connectivity index (χ1n) is 5.95. The third-order valence-electron chi connectivity index (χ3n) is 3.06. The lowest BCUT2D eigenvalue weighted by molar-refractivity contribution is -0.120. The average Bonchev–Trinajstić information content (AvgIpc) is 2.56. The van der Waals surface area contributed by atoms with Gasteiger partial charge in [0.05, 0.1) is 0 Å². The number of hydrogen-bond acceptors (Lipinski definition) is 3. The van der Waals surface area contributed by atoms with E-state index in [0.29, 0.717) is 5.95 Å². The smallest absolute Gasteiger partial charge is 0.248 e. The van der Waals surface area contributed by atoms with Crippen LogP contribution < -0.4 is 5.32 Å². The molecule has 0 bridgehead atoms. The number of nitrogens with one attached hydrogen (secondary N) is 2. The molecule has 0 aromatic carbocycles. The van der Waals surface area contributed by atoms with Crippen molar-refractivity contribution < 1.29 is 4.79 Å². The molecule has 1 heterocycles. The first-order chi connectivity index (χ1) is 7.75. The molecule has 1 aromatic heterocycles. The molecule has 0 radical (unpaired) electrons. The number of carbonyl (C=O) groups is 1. The molecular weight excluding hydrogens is 204 g/mol. The minimum absolute atomic E-state index is 0.0703. The number of aromatic nitrogens is 3. The number of H-pyrrole nitrogens is 1. The second-order valence-corrected chi connectivity index (χ2v) is 4.42. The largest absolute Gasteiger partial charge is 0.293 e. The fourth-order valence-corrected chi connectivity index (χ4v) is 2.15. The van der Waals surface area contributed by atoms with Gasteiger partial charge in [0.2, 0.25) is 11.9 Å². The molecule has 0 spiro atoms. The minimum Gasteiger partial charge on any atom is -0.293 e. The first-order valence-corrected chi connectivity index (χ1v) is 5.95. The summed E-state index contributed by atoms with van der Waals surface area (Å²) in [5, 5.41) is 9.39. The molecule has 1 aliphatic rings. The monoisotopic (exact) mass is 222 g/mol. The molecule has 16 heavy (non-hydrogen) atoms. The van der Waals surface area contributed by atoms with Crippen molar-refractivity contribution in [1.29, 1.82) is 0 Å². The van der Waals surface area contributed by atoms with Crippen LogP contribution in [0.3, 0.4) is 0 Å². The van der Waals surface area contributed by atoms with E-state index in [1.165, 1.54) is 12.8 Å². The Morgan fingerprint density at radius 2 is 2.00 bits per heavy atom. The maximum Gasteiger partial charge on any atom is 0.248 e. The number of rotatable bonds is 2. The van der Waals surface area contributed by atoms with E-state index in [1.54, 1.807) is 0 Å². The molecule has 1 fully saturated rings. The molecule has 88 valence electrons. The third kappa shape index (κ3) is 2.81. The molecule has 0 saturated heterocycles. The normalized spacial score (nSPS) is 18.1. The molecule has 0 unspecified atom stereocenters.